The number of fused-ring (bicyclic) bond motifs is 2. The summed E-state index contributed by atoms with van der Waals surface area (Å²) in [5, 5.41) is 7.13. The van der Waals surface area contributed by atoms with Gasteiger partial charge in [-0.1, -0.05) is 55.0 Å². The van der Waals surface area contributed by atoms with Crippen LogP contribution in [0.2, 0.25) is 0 Å². The van der Waals surface area contributed by atoms with Crippen LogP contribution in [0.3, 0.4) is 0 Å². The summed E-state index contributed by atoms with van der Waals surface area (Å²) >= 11 is 0. The van der Waals surface area contributed by atoms with E-state index in [2.05, 4.69) is 67.0 Å². The fourth-order valence-corrected chi connectivity index (χ4v) is 3.75. The molecule has 0 fully saturated rings. The van der Waals surface area contributed by atoms with Crippen molar-refractivity contribution < 1.29 is 4.79 Å². The van der Waals surface area contributed by atoms with Crippen molar-refractivity contribution in [3.8, 4) is 0 Å². The topological polar surface area (TPSA) is 41.1 Å². The van der Waals surface area contributed by atoms with E-state index < -0.39 is 0 Å². The number of aryl methyl sites for hydroxylation is 1. The highest BCUT2D eigenvalue weighted by atomic mass is 16.1. The average Bonchev–Trinajstić information content (AvgIpc) is 2.72. The zero-order chi connectivity index (χ0) is 16.7. The van der Waals surface area contributed by atoms with Crippen molar-refractivity contribution in [3.63, 3.8) is 0 Å². The number of Topliss-reactive ketones (excluding diaryl/α,β-unsaturated/α-hetero) is 1. The highest BCUT2D eigenvalue weighted by Gasteiger charge is 2.38. The molecule has 0 bridgehead atoms. The molecule has 0 aromatic heterocycles. The molecule has 0 spiro atoms. The third-order valence-corrected chi connectivity index (χ3v) is 4.96. The van der Waals surface area contributed by atoms with Gasteiger partial charge in [-0.3, -0.25) is 4.79 Å². The van der Waals surface area contributed by atoms with Crippen LogP contribution < -0.4 is 10.6 Å². The Morgan fingerprint density at radius 3 is 2.46 bits per heavy atom. The fourth-order valence-electron chi connectivity index (χ4n) is 3.75. The summed E-state index contributed by atoms with van der Waals surface area (Å²) in [5.74, 6) is 0.412. The van der Waals surface area contributed by atoms with Crippen molar-refractivity contribution in [2.45, 2.75) is 26.3 Å². The summed E-state index contributed by atoms with van der Waals surface area (Å²) in [5.41, 5.74) is 5.48. The lowest BCUT2D eigenvalue weighted by Crippen LogP contribution is -2.33. The summed E-state index contributed by atoms with van der Waals surface area (Å²) in [7, 11) is 0. The van der Waals surface area contributed by atoms with E-state index >= 15 is 0 Å². The van der Waals surface area contributed by atoms with E-state index in [0.29, 0.717) is 12.2 Å². The number of carbonyl (C=O) groups excluding carboxylic acids is 1. The van der Waals surface area contributed by atoms with Crippen LogP contribution in [-0.2, 0) is 4.79 Å². The van der Waals surface area contributed by atoms with Crippen LogP contribution in [0.1, 0.15) is 30.5 Å². The van der Waals surface area contributed by atoms with Gasteiger partial charge in [0, 0.05) is 12.1 Å². The monoisotopic (exact) mass is 318 g/mol. The van der Waals surface area contributed by atoms with Crippen LogP contribution in [0.15, 0.2) is 60.3 Å². The molecule has 1 aliphatic heterocycles. The van der Waals surface area contributed by atoms with Gasteiger partial charge in [-0.05, 0) is 30.5 Å². The van der Waals surface area contributed by atoms with E-state index in [1.165, 1.54) is 5.56 Å². The first-order chi connectivity index (χ1) is 11.6. The van der Waals surface area contributed by atoms with Gasteiger partial charge in [0.1, 0.15) is 5.78 Å². The lowest BCUT2D eigenvalue weighted by molar-refractivity contribution is -0.123. The predicted molar refractivity (Wildman–Crippen MR) is 98.0 cm³/mol. The summed E-state index contributed by atoms with van der Waals surface area (Å²) in [6.07, 6.45) is 2.83. The van der Waals surface area contributed by atoms with Crippen LogP contribution in [0.4, 0.5) is 11.4 Å². The summed E-state index contributed by atoms with van der Waals surface area (Å²) in [6.45, 7) is 4.19. The molecule has 2 aliphatic rings. The SMILES string of the molecule is Cc1ccc([C@@H]2Nc3ccccc3NC3=C[C@H](C)CC(=O)[C@H]32)cc1. The van der Waals surface area contributed by atoms with Gasteiger partial charge in [-0.15, -0.1) is 0 Å². The molecule has 1 heterocycles. The van der Waals surface area contributed by atoms with Crippen LogP contribution >= 0.6 is 0 Å². The molecule has 0 radical (unpaired) electrons. The molecule has 3 nitrogen and oxygen atoms in total. The van der Waals surface area contributed by atoms with Gasteiger partial charge >= 0.3 is 0 Å². The maximum atomic E-state index is 12.9. The smallest absolute Gasteiger partial charge is 0.144 e. The van der Waals surface area contributed by atoms with E-state index in [4.69, 9.17) is 0 Å². The van der Waals surface area contributed by atoms with E-state index in [0.717, 1.165) is 22.6 Å². The Morgan fingerprint density at radius 2 is 1.71 bits per heavy atom. The standard InChI is InChI=1S/C21H22N2O/c1-13-7-9-15(10-8-13)21-20-18(11-14(2)12-19(20)24)22-16-5-3-4-6-17(16)23-21/h3-11,14,20-23H,12H2,1-2H3/t14-,20-,21-/m0/s1. The first-order valence-electron chi connectivity index (χ1n) is 8.55. The van der Waals surface area contributed by atoms with Gasteiger partial charge in [-0.25, -0.2) is 0 Å². The number of hydrogen-bond donors (Lipinski definition) is 2. The van der Waals surface area contributed by atoms with Crippen LogP contribution in [0.25, 0.3) is 0 Å². The first-order valence-corrected chi connectivity index (χ1v) is 8.55. The van der Waals surface area contributed by atoms with Gasteiger partial charge < -0.3 is 10.6 Å². The minimum atomic E-state index is -0.170. The molecule has 0 saturated carbocycles. The largest absolute Gasteiger partial charge is 0.375 e. The highest BCUT2D eigenvalue weighted by molar-refractivity contribution is 5.89. The van der Waals surface area contributed by atoms with E-state index in [1.54, 1.807) is 0 Å². The third-order valence-electron chi connectivity index (χ3n) is 4.96. The average molecular weight is 318 g/mol. The lowest BCUT2D eigenvalue weighted by Gasteiger charge is -2.31. The minimum Gasteiger partial charge on any atom is -0.375 e. The quantitative estimate of drug-likeness (QED) is 0.802. The number of anilines is 2. The molecule has 0 unspecified atom stereocenters. The highest BCUT2D eigenvalue weighted by Crippen LogP contribution is 2.42. The first kappa shape index (κ1) is 15.0. The minimum absolute atomic E-state index is 0.0481. The molecule has 2 aromatic rings. The van der Waals surface area contributed by atoms with Crippen molar-refractivity contribution >= 4 is 17.2 Å². The Morgan fingerprint density at radius 1 is 1.00 bits per heavy atom. The molecule has 122 valence electrons. The number of rotatable bonds is 1. The Labute approximate surface area is 142 Å². The lowest BCUT2D eigenvalue weighted by atomic mass is 9.79. The van der Waals surface area contributed by atoms with Crippen LogP contribution in [-0.4, -0.2) is 5.78 Å². The van der Waals surface area contributed by atoms with Crippen molar-refractivity contribution in [1.29, 1.82) is 0 Å². The van der Waals surface area contributed by atoms with Crippen LogP contribution in [0.5, 0.6) is 0 Å². The van der Waals surface area contributed by atoms with Crippen molar-refractivity contribution in [2.75, 3.05) is 10.6 Å². The Bertz CT molecular complexity index is 807. The number of allylic oxidation sites excluding steroid dienone is 1. The second-order valence-electron chi connectivity index (χ2n) is 6.95. The maximum Gasteiger partial charge on any atom is 0.144 e. The van der Waals surface area contributed by atoms with Gasteiger partial charge in [0.05, 0.1) is 23.3 Å². The number of benzene rings is 2. The molecule has 2 N–H and O–H groups in total. The summed E-state index contributed by atoms with van der Waals surface area (Å²) < 4.78 is 0. The second-order valence-corrected chi connectivity index (χ2v) is 6.95. The van der Waals surface area contributed by atoms with Gasteiger partial charge in [0.25, 0.3) is 0 Å². The molecular formula is C21H22N2O. The van der Waals surface area contributed by atoms with Gasteiger partial charge in [0.15, 0.2) is 0 Å². The van der Waals surface area contributed by atoms with Crippen LogP contribution in [0, 0.1) is 18.8 Å². The van der Waals surface area contributed by atoms with Gasteiger partial charge in [0.2, 0.25) is 0 Å². The number of nitrogens with one attached hydrogen (secondary N) is 2. The molecule has 24 heavy (non-hydrogen) atoms. The Kier molecular flexibility index (Phi) is 3.64. The van der Waals surface area contributed by atoms with E-state index in [1.807, 2.05) is 12.1 Å². The van der Waals surface area contributed by atoms with E-state index in [-0.39, 0.29) is 17.9 Å². The molecule has 2 aromatic carbocycles. The van der Waals surface area contributed by atoms with Crippen molar-refractivity contribution in [1.82, 2.24) is 0 Å². The number of hydrogen-bond acceptors (Lipinski definition) is 3. The third kappa shape index (κ3) is 2.60. The molecule has 3 heteroatoms. The second kappa shape index (κ2) is 5.82. The molecule has 4 rings (SSSR count). The fraction of sp³-hybridized carbons (Fsp3) is 0.286. The zero-order valence-corrected chi connectivity index (χ0v) is 14.0. The molecule has 3 atom stereocenters. The maximum absolute atomic E-state index is 12.9. The molecular weight excluding hydrogens is 296 g/mol. The molecule has 0 amide bonds. The number of para-hydroxylation sites is 2. The Balaban J connectivity index is 1.85. The normalized spacial score (nSPS) is 25.5. The van der Waals surface area contributed by atoms with E-state index in [9.17, 15) is 4.79 Å². The summed E-state index contributed by atoms with van der Waals surface area (Å²) in [4.78, 5) is 12.9. The predicted octanol–water partition coefficient (Wildman–Crippen LogP) is 4.68. The zero-order valence-electron chi connectivity index (χ0n) is 14.0. The Hall–Kier alpha value is -2.55. The number of ketones is 1. The summed E-state index contributed by atoms with van der Waals surface area (Å²) in [6, 6.07) is 16.6. The van der Waals surface area contributed by atoms with Crippen molar-refractivity contribution in [3.05, 3.63) is 71.4 Å². The van der Waals surface area contributed by atoms with Gasteiger partial charge in [-0.2, -0.15) is 0 Å². The molecule has 0 saturated heterocycles. The number of carbonyl (C=O) groups is 1. The molecule has 1 aliphatic carbocycles. The van der Waals surface area contributed by atoms with Crippen molar-refractivity contribution in [2.24, 2.45) is 11.8 Å².